The number of pyridine rings is 1. The molecule has 12 heteroatoms. The molecule has 330 valence electrons. The van der Waals surface area contributed by atoms with Crippen LogP contribution >= 0.6 is 12.2 Å². The molecule has 1 aliphatic carbocycles. The van der Waals surface area contributed by atoms with Crippen LogP contribution in [0.25, 0.3) is 55.4 Å². The molecule has 0 saturated carbocycles. The molecule has 2 aliphatic rings. The predicted octanol–water partition coefficient (Wildman–Crippen LogP) is 10.6. The van der Waals surface area contributed by atoms with Gasteiger partial charge in [-0.1, -0.05) is 69.3 Å². The molecule has 11 nitrogen and oxygen atoms in total. The minimum Gasteiger partial charge on any atom is -0.478 e. The Kier molecular flexibility index (Phi) is 13.9. The van der Waals surface area contributed by atoms with Crippen molar-refractivity contribution in [3.8, 4) is 22.5 Å². The first-order valence-electron chi connectivity index (χ1n) is 22.0. The summed E-state index contributed by atoms with van der Waals surface area (Å²) in [5, 5.41) is 20.5. The van der Waals surface area contributed by atoms with Crippen LogP contribution in [0.4, 0.5) is 17.2 Å². The predicted molar refractivity (Wildman–Crippen MR) is 269 cm³/mol. The highest BCUT2D eigenvalue weighted by Crippen LogP contribution is 2.43. The van der Waals surface area contributed by atoms with Crippen LogP contribution < -0.4 is 31.2 Å². The van der Waals surface area contributed by atoms with Gasteiger partial charge in [0.05, 0.1) is 22.7 Å². The fourth-order valence-corrected chi connectivity index (χ4v) is 8.84. The summed E-state index contributed by atoms with van der Waals surface area (Å²) in [5.74, 6) is 1.11. The number of benzene rings is 5. The van der Waals surface area contributed by atoms with Crippen molar-refractivity contribution in [1.82, 2.24) is 24.4 Å². The maximum Gasteiger partial charge on any atom is 0.336 e. The molecule has 0 unspecified atom stereocenters. The van der Waals surface area contributed by atoms with Gasteiger partial charge in [0.2, 0.25) is 5.36 Å². The van der Waals surface area contributed by atoms with Crippen molar-refractivity contribution in [3.05, 3.63) is 131 Å². The first-order valence-corrected chi connectivity index (χ1v) is 22.4. The van der Waals surface area contributed by atoms with E-state index in [1.807, 2.05) is 42.5 Å². The van der Waals surface area contributed by atoms with Gasteiger partial charge in [0.1, 0.15) is 35.8 Å². The smallest absolute Gasteiger partial charge is 0.336 e. The number of nitrogens with zero attached hydrogens (tertiary/aromatic N) is 5. The van der Waals surface area contributed by atoms with Gasteiger partial charge in [-0.2, -0.15) is 0 Å². The maximum atomic E-state index is 13.1. The van der Waals surface area contributed by atoms with Gasteiger partial charge < -0.3 is 35.4 Å². The summed E-state index contributed by atoms with van der Waals surface area (Å²) in [7, 11) is 0. The zero-order valence-corrected chi connectivity index (χ0v) is 37.5. The Balaban J connectivity index is 0.00000612. The SMILES string of the molecule is C.CCCCc1nc2c(N)nc3ccccc3c2n1Cc1ccc(CNC(=S)Nc2ccc(-c3c4ccc(=[N+](CC)CC)cc-4oc4cc(N(CC)CC)ccc34)c(C(=O)O)c2)cc1. The molecule has 64 heavy (non-hydrogen) atoms. The third-order valence-electron chi connectivity index (χ3n) is 12.0. The molecule has 0 fully saturated rings. The molecular weight excluding hydrogens is 817 g/mol. The second kappa shape index (κ2) is 19.7. The zero-order chi connectivity index (χ0) is 44.2. The average molecular weight is 876 g/mol. The number of aromatic carboxylic acids is 1. The molecule has 0 radical (unpaired) electrons. The van der Waals surface area contributed by atoms with Crippen LogP contribution in [0.15, 0.2) is 108 Å². The fraction of sp³-hybridized carbons (Fsp3) is 0.288. The van der Waals surface area contributed by atoms with Crippen LogP contribution in [0.3, 0.4) is 0 Å². The van der Waals surface area contributed by atoms with E-state index in [4.69, 9.17) is 27.4 Å². The Morgan fingerprint density at radius 2 is 1.59 bits per heavy atom. The van der Waals surface area contributed by atoms with Gasteiger partial charge in [0.25, 0.3) is 0 Å². The van der Waals surface area contributed by atoms with Crippen LogP contribution in [-0.2, 0) is 19.5 Å². The highest BCUT2D eigenvalue weighted by molar-refractivity contribution is 7.80. The number of fused-ring (bicyclic) bond motifs is 5. The summed E-state index contributed by atoms with van der Waals surface area (Å²) >= 11 is 5.73. The lowest BCUT2D eigenvalue weighted by molar-refractivity contribution is 0.0697. The molecule has 0 atom stereocenters. The Labute approximate surface area is 380 Å². The Hall–Kier alpha value is -6.79. The fourth-order valence-electron chi connectivity index (χ4n) is 8.65. The summed E-state index contributed by atoms with van der Waals surface area (Å²) in [5.41, 5.74) is 16.0. The topological polar surface area (TPSA) is 137 Å². The number of hydrogen-bond acceptors (Lipinski definition) is 7. The minimum absolute atomic E-state index is 0. The number of carboxylic acids is 1. The molecule has 0 bridgehead atoms. The van der Waals surface area contributed by atoms with Gasteiger partial charge in [-0.3, -0.25) is 0 Å². The highest BCUT2D eigenvalue weighted by atomic mass is 32.1. The second-order valence-electron chi connectivity index (χ2n) is 15.8. The molecule has 0 saturated heterocycles. The van der Waals surface area contributed by atoms with Crippen molar-refractivity contribution in [2.75, 3.05) is 42.1 Å². The standard InChI is InChI=1S/C51H54N8O3S.CH4/c1-6-11-16-45-56-47-48(38-14-12-13-15-42(38)55-49(47)52)59(45)31-33-19-17-32(18-20-33)30-53-51(63)54-34-21-24-37(41(27-34)50(60)61)46-39-25-22-35(57(7-2)8-3)28-43(39)62-44-29-36(23-26-40(44)46)58(9-4)10-5;/h12-15,17-29H,6-11,16,30-31H2,1-5H3,(H4,52,53,55,60,61,63);1H4/p+1. The van der Waals surface area contributed by atoms with Crippen molar-refractivity contribution < 1.29 is 14.3 Å². The monoisotopic (exact) mass is 875 g/mol. The summed E-state index contributed by atoms with van der Waals surface area (Å²) < 4.78 is 11.2. The van der Waals surface area contributed by atoms with E-state index >= 15 is 0 Å². The number of rotatable bonds is 15. The third-order valence-corrected chi connectivity index (χ3v) is 12.2. The molecule has 0 amide bonds. The maximum absolute atomic E-state index is 13.1. The lowest BCUT2D eigenvalue weighted by Crippen LogP contribution is -2.29. The van der Waals surface area contributed by atoms with E-state index in [0.717, 1.165) is 112 Å². The first-order chi connectivity index (χ1) is 30.6. The average Bonchev–Trinajstić information content (AvgIpc) is 3.66. The van der Waals surface area contributed by atoms with E-state index < -0.39 is 5.97 Å². The van der Waals surface area contributed by atoms with Crippen LogP contribution in [0.1, 0.15) is 82.2 Å². The summed E-state index contributed by atoms with van der Waals surface area (Å²) in [6.45, 7) is 15.3. The molecule has 3 heterocycles. The van der Waals surface area contributed by atoms with Crippen molar-refractivity contribution in [2.24, 2.45) is 0 Å². The summed E-state index contributed by atoms with van der Waals surface area (Å²) in [4.78, 5) is 25.0. The normalized spacial score (nSPS) is 11.3. The Morgan fingerprint density at radius 3 is 2.31 bits per heavy atom. The Morgan fingerprint density at radius 1 is 0.859 bits per heavy atom. The number of imidazole rings is 1. The van der Waals surface area contributed by atoms with E-state index in [-0.39, 0.29) is 13.0 Å². The molecule has 6 aromatic rings. The van der Waals surface area contributed by atoms with Crippen LogP contribution in [-0.4, -0.2) is 56.9 Å². The lowest BCUT2D eigenvalue weighted by Gasteiger charge is -2.22. The number of hydrogen-bond donors (Lipinski definition) is 4. The number of nitrogens with one attached hydrogen (secondary N) is 2. The Bertz CT molecular complexity index is 3020. The lowest BCUT2D eigenvalue weighted by atomic mass is 9.90. The van der Waals surface area contributed by atoms with Crippen molar-refractivity contribution in [2.45, 2.75) is 74.4 Å². The summed E-state index contributed by atoms with van der Waals surface area (Å²) in [6.07, 6.45) is 2.95. The van der Waals surface area contributed by atoms with Gasteiger partial charge in [-0.15, -0.1) is 0 Å². The molecule has 0 spiro atoms. The number of para-hydroxylation sites is 1. The van der Waals surface area contributed by atoms with E-state index in [9.17, 15) is 9.90 Å². The van der Waals surface area contributed by atoms with Crippen LogP contribution in [0.5, 0.6) is 0 Å². The number of nitrogens with two attached hydrogens (primary N) is 1. The molecule has 4 aromatic carbocycles. The molecule has 2 aromatic heterocycles. The number of aryl methyl sites for hydroxylation is 1. The number of thiocarbonyl (C=S) groups is 1. The first kappa shape index (κ1) is 45.2. The van der Waals surface area contributed by atoms with Crippen molar-refractivity contribution >= 4 is 73.4 Å². The van der Waals surface area contributed by atoms with E-state index in [2.05, 4.69) is 119 Å². The third kappa shape index (κ3) is 9.01. The largest absolute Gasteiger partial charge is 0.478 e. The molecule has 5 N–H and O–H groups in total. The summed E-state index contributed by atoms with van der Waals surface area (Å²) in [6, 6.07) is 34.3. The number of aromatic nitrogens is 3. The molecule has 1 aliphatic heterocycles. The molecule has 8 rings (SSSR count). The van der Waals surface area contributed by atoms with Gasteiger partial charge in [0.15, 0.2) is 10.9 Å². The van der Waals surface area contributed by atoms with Gasteiger partial charge in [-0.25, -0.2) is 19.3 Å². The van der Waals surface area contributed by atoms with E-state index in [1.165, 1.54) is 0 Å². The minimum atomic E-state index is -1.04. The van der Waals surface area contributed by atoms with E-state index in [1.54, 1.807) is 6.07 Å². The van der Waals surface area contributed by atoms with Crippen molar-refractivity contribution in [3.63, 3.8) is 0 Å². The number of anilines is 3. The highest BCUT2D eigenvalue weighted by Gasteiger charge is 2.24. The van der Waals surface area contributed by atoms with Crippen molar-refractivity contribution in [1.29, 1.82) is 0 Å². The van der Waals surface area contributed by atoms with Gasteiger partial charge in [0, 0.05) is 78.0 Å². The second-order valence-corrected chi connectivity index (χ2v) is 16.2. The number of carboxylic acid groups (broad SMARTS) is 1. The van der Waals surface area contributed by atoms with E-state index in [0.29, 0.717) is 46.6 Å². The van der Waals surface area contributed by atoms with Gasteiger partial charge >= 0.3 is 5.97 Å². The van der Waals surface area contributed by atoms with Crippen LogP contribution in [0, 0.1) is 0 Å². The number of nitrogen functional groups attached to an aromatic ring is 1. The van der Waals surface area contributed by atoms with Crippen LogP contribution in [0.2, 0.25) is 0 Å². The zero-order valence-electron chi connectivity index (χ0n) is 36.7. The van der Waals surface area contributed by atoms with Gasteiger partial charge in [-0.05, 0) is 99.4 Å². The number of unbranched alkanes of at least 4 members (excludes halogenated alkanes) is 1. The molecular formula is C52H59N8O3S+. The number of carbonyl (C=O) groups is 1. The quantitative estimate of drug-likeness (QED) is 0.0447.